The van der Waals surface area contributed by atoms with E-state index in [1.54, 1.807) is 6.20 Å². The topological polar surface area (TPSA) is 49.5 Å². The van der Waals surface area contributed by atoms with Crippen LogP contribution in [0.4, 0.5) is 8.78 Å². The molecule has 23 heavy (non-hydrogen) atoms. The van der Waals surface area contributed by atoms with Gasteiger partial charge in [-0.1, -0.05) is 5.16 Å². The van der Waals surface area contributed by atoms with Gasteiger partial charge >= 0.3 is 0 Å². The van der Waals surface area contributed by atoms with Crippen molar-refractivity contribution in [1.82, 2.24) is 10.1 Å². The molecule has 6 heteroatoms. The summed E-state index contributed by atoms with van der Waals surface area (Å²) in [6.45, 7) is 4.23. The lowest BCUT2D eigenvalue weighted by atomic mass is 9.87. The monoisotopic (exact) mass is 322 g/mol. The van der Waals surface area contributed by atoms with Crippen molar-refractivity contribution in [3.63, 3.8) is 0 Å². The summed E-state index contributed by atoms with van der Waals surface area (Å²) in [7, 11) is 0. The summed E-state index contributed by atoms with van der Waals surface area (Å²) in [6, 6.07) is 3.22. The lowest BCUT2D eigenvalue weighted by Gasteiger charge is -2.34. The number of rotatable bonds is 4. The van der Waals surface area contributed by atoms with Gasteiger partial charge in [-0.2, -0.15) is 0 Å². The normalized spacial score (nSPS) is 18.3. The fourth-order valence-electron chi connectivity index (χ4n) is 3.13. The van der Waals surface area contributed by atoms with Crippen molar-refractivity contribution in [2.75, 3.05) is 13.1 Å². The summed E-state index contributed by atoms with van der Waals surface area (Å²) in [5.41, 5.74) is 1.11. The zero-order valence-corrected chi connectivity index (χ0v) is 13.0. The molecule has 1 fully saturated rings. The molecule has 3 rings (SSSR count). The molecule has 2 aromatic rings. The second kappa shape index (κ2) is 6.76. The molecule has 0 radical (unpaired) electrons. The van der Waals surface area contributed by atoms with Gasteiger partial charge in [0.15, 0.2) is 0 Å². The Bertz CT molecular complexity index is 666. The predicted molar refractivity (Wildman–Crippen MR) is 80.6 cm³/mol. The van der Waals surface area contributed by atoms with Crippen molar-refractivity contribution in [2.24, 2.45) is 5.92 Å². The number of hydrogen-bond acceptors (Lipinski definition) is 4. The van der Waals surface area contributed by atoms with Crippen LogP contribution >= 0.6 is 0 Å². The van der Waals surface area contributed by atoms with Gasteiger partial charge in [-0.25, -0.2) is 8.78 Å². The quantitative estimate of drug-likeness (QED) is 0.939. The minimum absolute atomic E-state index is 0.0540. The van der Waals surface area contributed by atoms with Gasteiger partial charge in [-0.3, -0.25) is 4.90 Å². The lowest BCUT2D eigenvalue weighted by molar-refractivity contribution is 0.0541. The van der Waals surface area contributed by atoms with Crippen LogP contribution in [0.5, 0.6) is 0 Å². The van der Waals surface area contributed by atoms with E-state index in [2.05, 4.69) is 10.1 Å². The zero-order valence-electron chi connectivity index (χ0n) is 13.0. The Morgan fingerprint density at radius 3 is 2.74 bits per heavy atom. The molecule has 1 saturated heterocycles. The third-order valence-electron chi connectivity index (χ3n) is 4.60. The van der Waals surface area contributed by atoms with Crippen molar-refractivity contribution in [1.29, 1.82) is 0 Å². The summed E-state index contributed by atoms with van der Waals surface area (Å²) in [5.74, 6) is -0.331. The Morgan fingerprint density at radius 1 is 1.35 bits per heavy atom. The molecule has 4 nitrogen and oxygen atoms in total. The van der Waals surface area contributed by atoms with Crippen LogP contribution in [0.25, 0.3) is 0 Å². The molecule has 0 bridgehead atoms. The van der Waals surface area contributed by atoms with Crippen molar-refractivity contribution >= 4 is 0 Å². The summed E-state index contributed by atoms with van der Waals surface area (Å²) in [5, 5.41) is 14.2. The zero-order chi connectivity index (χ0) is 16.4. The molecule has 0 amide bonds. The van der Waals surface area contributed by atoms with Crippen LogP contribution < -0.4 is 0 Å². The van der Waals surface area contributed by atoms with Gasteiger partial charge in [0.25, 0.3) is 0 Å². The number of benzene rings is 1. The highest BCUT2D eigenvalue weighted by Crippen LogP contribution is 2.32. The Kier molecular flexibility index (Phi) is 4.73. The minimum atomic E-state index is -0.967. The maximum atomic E-state index is 13.8. The second-order valence-electron chi connectivity index (χ2n) is 6.13. The summed E-state index contributed by atoms with van der Waals surface area (Å²) >= 11 is 0. The molecule has 1 aliphatic heterocycles. The standard InChI is InChI=1S/C17H20F2N2O2/c1-11-13(9-20-23-11)10-21-6-4-12(5-7-21)17(22)15-8-14(18)2-3-16(15)19/h2-3,8-9,12,17,22H,4-7,10H2,1H3. The van der Waals surface area contributed by atoms with Gasteiger partial charge in [0.2, 0.25) is 0 Å². The van der Waals surface area contributed by atoms with Crippen LogP contribution in [0.3, 0.4) is 0 Å². The molecule has 0 aliphatic carbocycles. The highest BCUT2D eigenvalue weighted by molar-refractivity contribution is 5.22. The van der Waals surface area contributed by atoms with E-state index in [9.17, 15) is 13.9 Å². The Hall–Kier alpha value is -1.79. The molecule has 0 saturated carbocycles. The SMILES string of the molecule is Cc1oncc1CN1CCC(C(O)c2cc(F)ccc2F)CC1. The predicted octanol–water partition coefficient (Wildman–Crippen LogP) is 3.21. The molecule has 1 N–H and O–H groups in total. The number of nitrogens with zero attached hydrogens (tertiary/aromatic N) is 2. The van der Waals surface area contributed by atoms with Crippen molar-refractivity contribution in [3.8, 4) is 0 Å². The molecule has 1 unspecified atom stereocenters. The first-order valence-electron chi connectivity index (χ1n) is 7.80. The van der Waals surface area contributed by atoms with Crippen LogP contribution in [0.1, 0.15) is 35.8 Å². The number of aliphatic hydroxyl groups excluding tert-OH is 1. The van der Waals surface area contributed by atoms with E-state index in [4.69, 9.17) is 4.52 Å². The van der Waals surface area contributed by atoms with E-state index in [-0.39, 0.29) is 11.5 Å². The van der Waals surface area contributed by atoms with Gasteiger partial charge in [0.1, 0.15) is 17.4 Å². The number of hydrogen-bond donors (Lipinski definition) is 1. The van der Waals surface area contributed by atoms with Crippen molar-refractivity contribution in [2.45, 2.75) is 32.4 Å². The van der Waals surface area contributed by atoms with Crippen LogP contribution in [0.15, 0.2) is 28.9 Å². The molecule has 1 aliphatic rings. The first-order valence-corrected chi connectivity index (χ1v) is 7.80. The fourth-order valence-corrected chi connectivity index (χ4v) is 3.13. The number of likely N-dealkylation sites (tertiary alicyclic amines) is 1. The Balaban J connectivity index is 1.60. The number of aromatic nitrogens is 1. The van der Waals surface area contributed by atoms with E-state index >= 15 is 0 Å². The third-order valence-corrected chi connectivity index (χ3v) is 4.60. The van der Waals surface area contributed by atoms with Gasteiger partial charge in [-0.15, -0.1) is 0 Å². The fraction of sp³-hybridized carbons (Fsp3) is 0.471. The maximum absolute atomic E-state index is 13.8. The van der Waals surface area contributed by atoms with E-state index in [1.165, 1.54) is 0 Å². The molecular weight excluding hydrogens is 302 g/mol. The molecule has 2 heterocycles. The van der Waals surface area contributed by atoms with E-state index in [1.807, 2.05) is 6.92 Å². The first-order chi connectivity index (χ1) is 11.0. The van der Waals surface area contributed by atoms with E-state index in [0.29, 0.717) is 0 Å². The van der Waals surface area contributed by atoms with Crippen LogP contribution in [-0.2, 0) is 6.54 Å². The smallest absolute Gasteiger partial charge is 0.138 e. The van der Waals surface area contributed by atoms with E-state index in [0.717, 1.165) is 62.0 Å². The molecule has 0 spiro atoms. The Morgan fingerprint density at radius 2 is 2.09 bits per heavy atom. The molecule has 1 aromatic heterocycles. The summed E-state index contributed by atoms with van der Waals surface area (Å²) in [6.07, 6.45) is 2.23. The van der Waals surface area contributed by atoms with Crippen molar-refractivity contribution in [3.05, 3.63) is 52.9 Å². The number of halogens is 2. The van der Waals surface area contributed by atoms with Gasteiger partial charge in [-0.05, 0) is 57.0 Å². The van der Waals surface area contributed by atoms with E-state index < -0.39 is 17.7 Å². The molecule has 1 aromatic carbocycles. The minimum Gasteiger partial charge on any atom is -0.388 e. The average molecular weight is 322 g/mol. The maximum Gasteiger partial charge on any atom is 0.138 e. The molecule has 124 valence electrons. The van der Waals surface area contributed by atoms with Gasteiger partial charge in [0, 0.05) is 17.7 Å². The van der Waals surface area contributed by atoms with Crippen molar-refractivity contribution < 1.29 is 18.4 Å². The molecule has 1 atom stereocenters. The van der Waals surface area contributed by atoms with Crippen LogP contribution in [0, 0.1) is 24.5 Å². The van der Waals surface area contributed by atoms with Gasteiger partial charge < -0.3 is 9.63 Å². The van der Waals surface area contributed by atoms with Crippen LogP contribution in [0.2, 0.25) is 0 Å². The third kappa shape index (κ3) is 3.59. The largest absolute Gasteiger partial charge is 0.388 e. The first kappa shape index (κ1) is 16.1. The van der Waals surface area contributed by atoms with Crippen LogP contribution in [-0.4, -0.2) is 28.3 Å². The highest BCUT2D eigenvalue weighted by Gasteiger charge is 2.28. The number of aliphatic hydroxyl groups is 1. The summed E-state index contributed by atoms with van der Waals surface area (Å²) in [4.78, 5) is 2.25. The average Bonchev–Trinajstić information content (AvgIpc) is 2.95. The number of piperidine rings is 1. The Labute approximate surface area is 133 Å². The number of aryl methyl sites for hydroxylation is 1. The van der Waals surface area contributed by atoms with Gasteiger partial charge in [0.05, 0.1) is 12.3 Å². The highest BCUT2D eigenvalue weighted by atomic mass is 19.1. The summed E-state index contributed by atoms with van der Waals surface area (Å²) < 4.78 is 32.1. The lowest BCUT2D eigenvalue weighted by Crippen LogP contribution is -2.35. The second-order valence-corrected chi connectivity index (χ2v) is 6.13. The molecular formula is C17H20F2N2O2.